The molecule has 0 bridgehead atoms. The maximum atomic E-state index is 9.80. The molecule has 0 saturated heterocycles. The molecule has 0 radical (unpaired) electrons. The quantitative estimate of drug-likeness (QED) is 0.148. The van der Waals surface area contributed by atoms with Gasteiger partial charge in [-0.05, 0) is 125 Å². The number of rotatable bonds is 7. The van der Waals surface area contributed by atoms with Gasteiger partial charge in [0.1, 0.15) is 0 Å². The van der Waals surface area contributed by atoms with Gasteiger partial charge in [0, 0.05) is 17.1 Å². The van der Waals surface area contributed by atoms with E-state index in [1.165, 1.54) is 0 Å². The first-order chi connectivity index (χ1) is 36.0. The van der Waals surface area contributed by atoms with E-state index < -0.39 is 166 Å². The summed E-state index contributed by atoms with van der Waals surface area (Å²) >= 11 is 0. The second-order valence-corrected chi connectivity index (χ2v) is 12.5. The predicted octanol–water partition coefficient (Wildman–Crippen LogP) is 15.3. The van der Waals surface area contributed by atoms with Crippen molar-refractivity contribution in [2.24, 2.45) is 0 Å². The molecule has 1 nitrogen and oxygen atoms in total. The lowest BCUT2D eigenvalue weighted by molar-refractivity contribution is 1.28. The van der Waals surface area contributed by atoms with E-state index in [2.05, 4.69) is 0 Å². The number of nitrogens with zero attached hydrogens (tertiary/aromatic N) is 1. The topological polar surface area (TPSA) is 3.24 Å². The predicted molar refractivity (Wildman–Crippen MR) is 235 cm³/mol. The minimum absolute atomic E-state index is 0.171. The Balaban J connectivity index is 1.26. The fourth-order valence-electron chi connectivity index (χ4n) is 6.48. The van der Waals surface area contributed by atoms with E-state index >= 15 is 0 Å². The van der Waals surface area contributed by atoms with Crippen LogP contribution in [0.2, 0.25) is 0 Å². The summed E-state index contributed by atoms with van der Waals surface area (Å²) in [5.41, 5.74) is -5.24. The highest BCUT2D eigenvalue weighted by molar-refractivity contribution is 6.08. The van der Waals surface area contributed by atoms with Crippen LogP contribution in [0.3, 0.4) is 0 Å². The van der Waals surface area contributed by atoms with E-state index in [0.717, 1.165) is 21.5 Å². The number of hydrogen-bond donors (Lipinski definition) is 0. The van der Waals surface area contributed by atoms with Crippen molar-refractivity contribution in [1.82, 2.24) is 0 Å². The normalized spacial score (nSPS) is 16.6. The van der Waals surface area contributed by atoms with Crippen molar-refractivity contribution in [3.8, 4) is 44.5 Å². The van der Waals surface area contributed by atoms with Crippen LogP contribution in [-0.4, -0.2) is 0 Å². The van der Waals surface area contributed by atoms with Crippen molar-refractivity contribution in [1.29, 1.82) is 0 Å². The first-order valence-electron chi connectivity index (χ1n) is 27.7. The van der Waals surface area contributed by atoms with Crippen LogP contribution in [0.15, 0.2) is 224 Å². The molecular weight excluding hydrogens is 663 g/mol. The van der Waals surface area contributed by atoms with Gasteiger partial charge in [0.15, 0.2) is 0 Å². The summed E-state index contributed by atoms with van der Waals surface area (Å²) in [4.78, 5) is 0.671. The number of benzene rings is 10. The molecule has 258 valence electrons. The fraction of sp³-hybridized carbons (Fsp3) is 0. The Kier molecular flexibility index (Phi) is 4.39. The maximum Gasteiger partial charge on any atom is 0.0651 e. The zero-order chi connectivity index (χ0) is 54.8. The van der Waals surface area contributed by atoms with Crippen LogP contribution in [0.25, 0.3) is 76.8 Å². The molecule has 0 N–H and O–H groups in total. The van der Waals surface area contributed by atoms with E-state index in [4.69, 9.17) is 15.1 Å². The molecule has 1 heteroatoms. The molecule has 0 aliphatic heterocycles. The average Bonchev–Trinajstić information content (AvgIpc) is 3.43. The Bertz CT molecular complexity index is 4100. The van der Waals surface area contributed by atoms with Crippen molar-refractivity contribution >= 4 is 49.4 Å². The molecule has 0 saturated carbocycles. The van der Waals surface area contributed by atoms with Crippen LogP contribution in [0.5, 0.6) is 0 Å². The Labute approximate surface area is 351 Å². The van der Waals surface area contributed by atoms with Gasteiger partial charge in [0.05, 0.1) is 28.8 Å². The molecule has 10 aromatic carbocycles. The fourth-order valence-corrected chi connectivity index (χ4v) is 6.48. The molecule has 0 spiro atoms. The smallest absolute Gasteiger partial charge is 0.0651 e. The number of fused-ring (bicyclic) bond motifs is 4. The second kappa shape index (κ2) is 14.0. The van der Waals surface area contributed by atoms with Crippen LogP contribution < -0.4 is 4.90 Å². The van der Waals surface area contributed by atoms with E-state index in [-0.39, 0.29) is 22.3 Å². The molecule has 55 heavy (non-hydrogen) atoms. The van der Waals surface area contributed by atoms with Gasteiger partial charge in [-0.25, -0.2) is 0 Å². The molecule has 0 atom stereocenters. The van der Waals surface area contributed by atoms with E-state index in [0.29, 0.717) is 15.7 Å². The third kappa shape index (κ3) is 6.33. The minimum atomic E-state index is -1.06. The number of hydrogen-bond acceptors (Lipinski definition) is 1. The SMILES string of the molecule is [2H]c1c([2H])c([2H])c(-c2c([2H])c([2H])c(-c3c([2H])c([2H])c(N(c4c([2H])c([2H])c(-c5ccc6c(ccc7ccccc76)c5)c([2H])c4[2H])c4c([2H])c([2H])c([2H])c(-c5ccc6ccccc6c5)c4[2H])c([2H])c3[2H])c([2H])c2[2H])c([2H])c1[2H]. The highest BCUT2D eigenvalue weighted by Crippen LogP contribution is 2.39. The highest BCUT2D eigenvalue weighted by atomic mass is 15.1. The summed E-state index contributed by atoms with van der Waals surface area (Å²) in [6, 6.07) is 10.6. The van der Waals surface area contributed by atoms with Crippen molar-refractivity contribution in [3.63, 3.8) is 0 Å². The Morgan fingerprint density at radius 3 is 1.47 bits per heavy atom. The molecule has 0 aliphatic carbocycles. The molecule has 0 fully saturated rings. The van der Waals surface area contributed by atoms with Crippen LogP contribution >= 0.6 is 0 Å². The minimum Gasteiger partial charge on any atom is -0.310 e. The summed E-state index contributed by atoms with van der Waals surface area (Å²) < 4.78 is 191. The van der Waals surface area contributed by atoms with Gasteiger partial charge in [-0.1, -0.05) is 176 Å². The van der Waals surface area contributed by atoms with E-state index in [9.17, 15) is 13.7 Å². The third-order valence-electron chi connectivity index (χ3n) is 9.20. The maximum absolute atomic E-state index is 9.80. The van der Waals surface area contributed by atoms with Crippen LogP contribution in [0.4, 0.5) is 17.1 Å². The Morgan fingerprint density at radius 1 is 0.291 bits per heavy atom. The molecule has 0 heterocycles. The zero-order valence-corrected chi connectivity index (χ0v) is 28.7. The molecule has 0 aliphatic rings. The lowest BCUT2D eigenvalue weighted by Gasteiger charge is -2.26. The van der Waals surface area contributed by atoms with Gasteiger partial charge >= 0.3 is 0 Å². The van der Waals surface area contributed by atoms with Gasteiger partial charge in [-0.2, -0.15) is 0 Å². The average molecular weight is 721 g/mol. The van der Waals surface area contributed by atoms with E-state index in [1.807, 2.05) is 48.5 Å². The number of anilines is 3. The van der Waals surface area contributed by atoms with Crippen molar-refractivity contribution in [3.05, 3.63) is 224 Å². The standard InChI is InChI=1S/C54H37N/c1-2-9-38(10-3-1)40-17-19-41(20-18-40)42-25-30-50(31-26-42)55(52-15-8-14-46(37-52)48-23-21-39-11-4-5-13-45(39)35-48)51-32-27-43(28-33-51)47-29-34-54-49(36-47)24-22-44-12-6-7-16-53(44)54/h1-37H/i1D,2D,3D,8D,9D,10D,14D,15D,17D,18D,19D,20D,25D,26D,27D,28D,30D,31D,32D,33D,37D. The van der Waals surface area contributed by atoms with Gasteiger partial charge in [0.2, 0.25) is 0 Å². The van der Waals surface area contributed by atoms with Crippen molar-refractivity contribution in [2.45, 2.75) is 0 Å². The lowest BCUT2D eigenvalue weighted by Crippen LogP contribution is -2.10. The monoisotopic (exact) mass is 720 g/mol. The molecular formula is C54H37N. The zero-order valence-electron chi connectivity index (χ0n) is 49.7. The lowest BCUT2D eigenvalue weighted by atomic mass is 9.97. The molecule has 10 aromatic rings. The van der Waals surface area contributed by atoms with Gasteiger partial charge in [0.25, 0.3) is 0 Å². The molecule has 10 rings (SSSR count). The van der Waals surface area contributed by atoms with Gasteiger partial charge in [-0.15, -0.1) is 0 Å². The Morgan fingerprint density at radius 2 is 0.764 bits per heavy atom. The van der Waals surface area contributed by atoms with Crippen LogP contribution in [-0.2, 0) is 0 Å². The highest BCUT2D eigenvalue weighted by Gasteiger charge is 2.15. The van der Waals surface area contributed by atoms with Crippen molar-refractivity contribution < 1.29 is 28.8 Å². The summed E-state index contributed by atoms with van der Waals surface area (Å²) in [6.07, 6.45) is 0. The second-order valence-electron chi connectivity index (χ2n) is 12.5. The summed E-state index contributed by atoms with van der Waals surface area (Å²) in [6.45, 7) is 0. The molecule has 0 unspecified atom stereocenters. The largest absolute Gasteiger partial charge is 0.310 e. The summed E-state index contributed by atoms with van der Waals surface area (Å²) in [5, 5.41) is 4.91. The summed E-state index contributed by atoms with van der Waals surface area (Å²) in [7, 11) is 0. The van der Waals surface area contributed by atoms with Crippen LogP contribution in [0, 0.1) is 0 Å². The van der Waals surface area contributed by atoms with Gasteiger partial charge in [-0.3, -0.25) is 0 Å². The summed E-state index contributed by atoms with van der Waals surface area (Å²) in [5.74, 6) is 0. The first-order valence-corrected chi connectivity index (χ1v) is 17.2. The third-order valence-corrected chi connectivity index (χ3v) is 9.20. The van der Waals surface area contributed by atoms with Gasteiger partial charge < -0.3 is 4.90 Å². The molecule has 0 aromatic heterocycles. The Hall–Kier alpha value is -7.22. The van der Waals surface area contributed by atoms with Crippen molar-refractivity contribution in [2.75, 3.05) is 4.90 Å². The first kappa shape index (κ1) is 17.3. The van der Waals surface area contributed by atoms with E-state index in [1.54, 1.807) is 48.5 Å². The molecule has 0 amide bonds. The van der Waals surface area contributed by atoms with Crippen LogP contribution in [0.1, 0.15) is 28.8 Å².